The Hall–Kier alpha value is -3.19. The van der Waals surface area contributed by atoms with Gasteiger partial charge in [0.15, 0.2) is 11.5 Å². The van der Waals surface area contributed by atoms with Crippen LogP contribution in [-0.2, 0) is 6.54 Å². The van der Waals surface area contributed by atoms with Gasteiger partial charge >= 0.3 is 0 Å². The standard InChI is InChI=1S/C18H16N2O2/c19-12-16(8-4-7-14-5-2-1-3-6-14)20-13-15-9-10-17(21)18(22)11-15/h1-11,20-22H,13H2/b7-4+,16-8+. The molecule has 2 aromatic carbocycles. The van der Waals surface area contributed by atoms with Crippen molar-refractivity contribution in [2.24, 2.45) is 0 Å². The lowest BCUT2D eigenvalue weighted by Crippen LogP contribution is -2.11. The molecule has 0 aliphatic rings. The molecule has 0 unspecified atom stereocenters. The summed E-state index contributed by atoms with van der Waals surface area (Å²) in [4.78, 5) is 0. The summed E-state index contributed by atoms with van der Waals surface area (Å²) >= 11 is 0. The molecule has 22 heavy (non-hydrogen) atoms. The second-order valence-corrected chi connectivity index (χ2v) is 4.64. The highest BCUT2D eigenvalue weighted by Crippen LogP contribution is 2.24. The molecule has 0 spiro atoms. The number of nitrogens with zero attached hydrogens (tertiary/aromatic N) is 1. The van der Waals surface area contributed by atoms with Gasteiger partial charge in [-0.05, 0) is 29.3 Å². The van der Waals surface area contributed by atoms with Crippen molar-refractivity contribution in [1.29, 1.82) is 5.26 Å². The molecule has 4 heteroatoms. The van der Waals surface area contributed by atoms with Gasteiger partial charge in [0.1, 0.15) is 11.8 Å². The molecular weight excluding hydrogens is 276 g/mol. The third kappa shape index (κ3) is 4.43. The van der Waals surface area contributed by atoms with E-state index in [2.05, 4.69) is 11.4 Å². The van der Waals surface area contributed by atoms with Crippen LogP contribution >= 0.6 is 0 Å². The fourth-order valence-corrected chi connectivity index (χ4v) is 1.83. The van der Waals surface area contributed by atoms with E-state index in [1.165, 1.54) is 12.1 Å². The van der Waals surface area contributed by atoms with Crippen LogP contribution in [0.5, 0.6) is 11.5 Å². The van der Waals surface area contributed by atoms with Crippen LogP contribution in [0.4, 0.5) is 0 Å². The largest absolute Gasteiger partial charge is 0.504 e. The number of phenolic OH excluding ortho intramolecular Hbond substituents is 2. The molecule has 0 aromatic heterocycles. The van der Waals surface area contributed by atoms with Crippen LogP contribution in [0.3, 0.4) is 0 Å². The second-order valence-electron chi connectivity index (χ2n) is 4.64. The van der Waals surface area contributed by atoms with Gasteiger partial charge in [-0.3, -0.25) is 0 Å². The summed E-state index contributed by atoms with van der Waals surface area (Å²) in [6.07, 6.45) is 5.40. The maximum atomic E-state index is 9.42. The predicted molar refractivity (Wildman–Crippen MR) is 85.8 cm³/mol. The Morgan fingerprint density at radius 3 is 2.55 bits per heavy atom. The van der Waals surface area contributed by atoms with Gasteiger partial charge in [-0.2, -0.15) is 5.26 Å². The third-order valence-electron chi connectivity index (χ3n) is 2.99. The number of hydrogen-bond donors (Lipinski definition) is 3. The van der Waals surface area contributed by atoms with E-state index in [0.29, 0.717) is 12.2 Å². The molecule has 0 aliphatic heterocycles. The van der Waals surface area contributed by atoms with Gasteiger partial charge in [0.2, 0.25) is 0 Å². The molecule has 4 nitrogen and oxygen atoms in total. The average Bonchev–Trinajstić information content (AvgIpc) is 2.55. The van der Waals surface area contributed by atoms with Crippen molar-refractivity contribution in [1.82, 2.24) is 5.32 Å². The van der Waals surface area contributed by atoms with E-state index in [9.17, 15) is 10.2 Å². The van der Waals surface area contributed by atoms with Crippen LogP contribution in [0, 0.1) is 11.3 Å². The highest BCUT2D eigenvalue weighted by molar-refractivity contribution is 5.51. The number of rotatable bonds is 5. The van der Waals surface area contributed by atoms with E-state index in [0.717, 1.165) is 11.1 Å². The summed E-state index contributed by atoms with van der Waals surface area (Å²) in [6, 6.07) is 16.4. The fraction of sp³-hybridized carbons (Fsp3) is 0.0556. The van der Waals surface area contributed by atoms with Crippen LogP contribution in [0.15, 0.2) is 66.4 Å². The van der Waals surface area contributed by atoms with Crippen LogP contribution in [-0.4, -0.2) is 10.2 Å². The lowest BCUT2D eigenvalue weighted by Gasteiger charge is -2.05. The topological polar surface area (TPSA) is 76.3 Å². The van der Waals surface area contributed by atoms with E-state index >= 15 is 0 Å². The normalized spacial score (nSPS) is 11.3. The molecule has 0 atom stereocenters. The maximum absolute atomic E-state index is 9.42. The average molecular weight is 292 g/mol. The van der Waals surface area contributed by atoms with Crippen molar-refractivity contribution in [3.05, 3.63) is 77.5 Å². The Morgan fingerprint density at radius 2 is 1.86 bits per heavy atom. The van der Waals surface area contributed by atoms with Crippen LogP contribution in [0.25, 0.3) is 6.08 Å². The van der Waals surface area contributed by atoms with Crippen LogP contribution in [0.1, 0.15) is 11.1 Å². The van der Waals surface area contributed by atoms with Crippen molar-refractivity contribution in [2.75, 3.05) is 0 Å². The molecule has 3 N–H and O–H groups in total. The first kappa shape index (κ1) is 15.2. The van der Waals surface area contributed by atoms with Crippen LogP contribution < -0.4 is 5.32 Å². The maximum Gasteiger partial charge on any atom is 0.157 e. The number of allylic oxidation sites excluding steroid dienone is 3. The summed E-state index contributed by atoms with van der Waals surface area (Å²) in [6.45, 7) is 0.381. The molecule has 110 valence electrons. The zero-order valence-corrected chi connectivity index (χ0v) is 11.9. The first-order valence-electron chi connectivity index (χ1n) is 6.77. The highest BCUT2D eigenvalue weighted by Gasteiger charge is 2.01. The molecule has 0 radical (unpaired) electrons. The van der Waals surface area contributed by atoms with Crippen molar-refractivity contribution in [3.63, 3.8) is 0 Å². The van der Waals surface area contributed by atoms with Gasteiger partial charge in [-0.15, -0.1) is 0 Å². The Kier molecular flexibility index (Phi) is 5.22. The predicted octanol–water partition coefficient (Wildman–Crippen LogP) is 3.31. The Balaban J connectivity index is 1.97. The zero-order chi connectivity index (χ0) is 15.8. The number of phenols is 2. The quantitative estimate of drug-likeness (QED) is 0.449. The molecule has 0 heterocycles. The monoisotopic (exact) mass is 292 g/mol. The van der Waals surface area contributed by atoms with Crippen molar-refractivity contribution < 1.29 is 10.2 Å². The van der Waals surface area contributed by atoms with E-state index in [1.54, 1.807) is 18.2 Å². The minimum Gasteiger partial charge on any atom is -0.504 e. The van der Waals surface area contributed by atoms with E-state index in [4.69, 9.17) is 5.26 Å². The molecule has 0 fully saturated rings. The first-order chi connectivity index (χ1) is 10.7. The minimum atomic E-state index is -0.175. The minimum absolute atomic E-state index is 0.161. The van der Waals surface area contributed by atoms with Crippen LogP contribution in [0.2, 0.25) is 0 Å². The Labute approximate surface area is 129 Å². The van der Waals surface area contributed by atoms with E-state index in [1.807, 2.05) is 36.4 Å². The molecule has 0 saturated heterocycles. The molecule has 0 amide bonds. The lowest BCUT2D eigenvalue weighted by atomic mass is 10.2. The molecule has 2 aromatic rings. The molecule has 2 rings (SSSR count). The first-order valence-corrected chi connectivity index (χ1v) is 6.77. The van der Waals surface area contributed by atoms with Crippen molar-refractivity contribution in [3.8, 4) is 17.6 Å². The van der Waals surface area contributed by atoms with Gasteiger partial charge in [-0.1, -0.05) is 48.6 Å². The Morgan fingerprint density at radius 1 is 1.09 bits per heavy atom. The van der Waals surface area contributed by atoms with Crippen molar-refractivity contribution in [2.45, 2.75) is 6.54 Å². The van der Waals surface area contributed by atoms with Gasteiger partial charge < -0.3 is 15.5 Å². The number of aromatic hydroxyl groups is 2. The molecular formula is C18H16N2O2. The zero-order valence-electron chi connectivity index (χ0n) is 11.9. The second kappa shape index (κ2) is 7.55. The highest BCUT2D eigenvalue weighted by atomic mass is 16.3. The summed E-state index contributed by atoms with van der Waals surface area (Å²) in [5, 5.41) is 30.7. The molecule has 0 saturated carbocycles. The van der Waals surface area contributed by atoms with Gasteiger partial charge in [-0.25, -0.2) is 0 Å². The van der Waals surface area contributed by atoms with E-state index in [-0.39, 0.29) is 11.5 Å². The number of nitrogens with one attached hydrogen (secondary N) is 1. The van der Waals surface area contributed by atoms with Gasteiger partial charge in [0, 0.05) is 6.54 Å². The van der Waals surface area contributed by atoms with Gasteiger partial charge in [0.25, 0.3) is 0 Å². The summed E-state index contributed by atoms with van der Waals surface area (Å²) in [5.41, 5.74) is 2.24. The third-order valence-corrected chi connectivity index (χ3v) is 2.99. The summed E-state index contributed by atoms with van der Waals surface area (Å²) in [5.74, 6) is -0.337. The van der Waals surface area contributed by atoms with Gasteiger partial charge in [0.05, 0.1) is 0 Å². The lowest BCUT2D eigenvalue weighted by molar-refractivity contribution is 0.403. The van der Waals surface area contributed by atoms with Crippen molar-refractivity contribution >= 4 is 6.08 Å². The molecule has 0 bridgehead atoms. The van der Waals surface area contributed by atoms with E-state index < -0.39 is 0 Å². The number of nitriles is 1. The SMILES string of the molecule is N#C/C(=C\C=C\c1ccccc1)NCc1ccc(O)c(O)c1. The fourth-order valence-electron chi connectivity index (χ4n) is 1.83. The Bertz CT molecular complexity index is 728. The summed E-state index contributed by atoms with van der Waals surface area (Å²) < 4.78 is 0. The number of hydrogen-bond acceptors (Lipinski definition) is 4. The smallest absolute Gasteiger partial charge is 0.157 e. The summed E-state index contributed by atoms with van der Waals surface area (Å²) in [7, 11) is 0. The molecule has 0 aliphatic carbocycles. The number of benzene rings is 2.